The lowest BCUT2D eigenvalue weighted by Crippen LogP contribution is -2.49. The summed E-state index contributed by atoms with van der Waals surface area (Å²) in [5.74, 6) is 0. The Kier molecular flexibility index (Phi) is 2.80. The average molecular weight is 164 g/mol. The van der Waals surface area contributed by atoms with Gasteiger partial charge in [0, 0.05) is 6.42 Å². The Labute approximate surface area is 63.8 Å². The van der Waals surface area contributed by atoms with Gasteiger partial charge < -0.3 is 25.2 Å². The van der Waals surface area contributed by atoms with Gasteiger partial charge in [-0.1, -0.05) is 0 Å². The van der Waals surface area contributed by atoms with Gasteiger partial charge in [0.1, 0.15) is 6.10 Å². The normalized spacial score (nSPS) is 45.8. The Morgan fingerprint density at radius 3 is 2.36 bits per heavy atom. The molecule has 5 heteroatoms. The van der Waals surface area contributed by atoms with Gasteiger partial charge in [0.15, 0.2) is 6.29 Å². The van der Waals surface area contributed by atoms with Crippen LogP contribution in [0.3, 0.4) is 0 Å². The van der Waals surface area contributed by atoms with E-state index in [0.29, 0.717) is 0 Å². The van der Waals surface area contributed by atoms with Gasteiger partial charge in [-0.3, -0.25) is 0 Å². The van der Waals surface area contributed by atoms with Gasteiger partial charge >= 0.3 is 0 Å². The van der Waals surface area contributed by atoms with Gasteiger partial charge in [0.05, 0.1) is 18.8 Å². The molecule has 0 aliphatic carbocycles. The van der Waals surface area contributed by atoms with E-state index in [4.69, 9.17) is 25.2 Å². The average Bonchev–Trinajstić information content (AvgIpc) is 1.99. The van der Waals surface area contributed by atoms with Crippen molar-refractivity contribution >= 4 is 0 Å². The molecule has 66 valence electrons. The zero-order chi connectivity index (χ0) is 8.43. The predicted molar refractivity (Wildman–Crippen MR) is 34.6 cm³/mol. The molecule has 0 radical (unpaired) electrons. The van der Waals surface area contributed by atoms with Gasteiger partial charge in [-0.25, -0.2) is 0 Å². The van der Waals surface area contributed by atoms with E-state index in [-0.39, 0.29) is 13.0 Å². The first-order chi connectivity index (χ1) is 5.15. The fraction of sp³-hybridized carbons (Fsp3) is 1.00. The first-order valence-electron chi connectivity index (χ1n) is 3.45. The second-order valence-electron chi connectivity index (χ2n) is 2.62. The van der Waals surface area contributed by atoms with Crippen molar-refractivity contribution < 1.29 is 25.2 Å². The van der Waals surface area contributed by atoms with Crippen molar-refractivity contribution in [2.75, 3.05) is 6.61 Å². The Balaban J connectivity index is 2.47. The van der Waals surface area contributed by atoms with E-state index >= 15 is 0 Å². The third kappa shape index (κ3) is 1.88. The van der Waals surface area contributed by atoms with Crippen molar-refractivity contribution in [1.82, 2.24) is 0 Å². The Morgan fingerprint density at radius 1 is 1.27 bits per heavy atom. The molecule has 0 spiro atoms. The van der Waals surface area contributed by atoms with Crippen LogP contribution in [0.4, 0.5) is 0 Å². The van der Waals surface area contributed by atoms with E-state index in [1.807, 2.05) is 0 Å². The highest BCUT2D eigenvalue weighted by Crippen LogP contribution is 2.17. The lowest BCUT2D eigenvalue weighted by Gasteiger charge is -2.33. The maximum absolute atomic E-state index is 9.05. The van der Waals surface area contributed by atoms with Crippen molar-refractivity contribution in [2.24, 2.45) is 0 Å². The summed E-state index contributed by atoms with van der Waals surface area (Å²) in [6, 6.07) is 0. The molecular weight excluding hydrogens is 152 g/mol. The van der Waals surface area contributed by atoms with Crippen molar-refractivity contribution in [3.05, 3.63) is 0 Å². The highest BCUT2D eigenvalue weighted by Gasteiger charge is 2.34. The van der Waals surface area contributed by atoms with E-state index in [9.17, 15) is 0 Å². The van der Waals surface area contributed by atoms with Crippen LogP contribution in [0.15, 0.2) is 0 Å². The molecule has 0 aromatic carbocycles. The molecule has 0 bridgehead atoms. The van der Waals surface area contributed by atoms with E-state index < -0.39 is 24.6 Å². The largest absolute Gasteiger partial charge is 0.394 e. The zero-order valence-electron chi connectivity index (χ0n) is 5.92. The lowest BCUT2D eigenvalue weighted by atomic mass is 10.0. The number of aliphatic hydroxyl groups excluding tert-OH is 4. The van der Waals surface area contributed by atoms with Crippen LogP contribution in [-0.2, 0) is 4.74 Å². The summed E-state index contributed by atoms with van der Waals surface area (Å²) >= 11 is 0. The summed E-state index contributed by atoms with van der Waals surface area (Å²) in [6.45, 7) is -0.263. The molecule has 1 fully saturated rings. The van der Waals surface area contributed by atoms with Crippen LogP contribution < -0.4 is 0 Å². The van der Waals surface area contributed by atoms with E-state index in [1.54, 1.807) is 0 Å². The highest BCUT2D eigenvalue weighted by molar-refractivity contribution is 4.79. The fourth-order valence-electron chi connectivity index (χ4n) is 1.05. The molecule has 1 heterocycles. The molecule has 0 saturated carbocycles. The number of ether oxygens (including phenoxy) is 1. The molecule has 1 aliphatic rings. The van der Waals surface area contributed by atoms with Crippen molar-refractivity contribution in [3.8, 4) is 0 Å². The van der Waals surface area contributed by atoms with E-state index in [1.165, 1.54) is 0 Å². The smallest absolute Gasteiger partial charge is 0.183 e. The SMILES string of the molecule is OCC1CC(O)[C@H](O)C(O)O1. The summed E-state index contributed by atoms with van der Waals surface area (Å²) in [5.41, 5.74) is 0. The predicted octanol–water partition coefficient (Wildman–Crippen LogP) is -2.19. The number of hydrogen-bond donors (Lipinski definition) is 4. The number of hydrogen-bond acceptors (Lipinski definition) is 5. The highest BCUT2D eigenvalue weighted by atomic mass is 16.6. The maximum Gasteiger partial charge on any atom is 0.183 e. The molecule has 1 aliphatic heterocycles. The van der Waals surface area contributed by atoms with Crippen LogP contribution >= 0.6 is 0 Å². The molecular formula is C6H12O5. The van der Waals surface area contributed by atoms with E-state index in [0.717, 1.165) is 0 Å². The summed E-state index contributed by atoms with van der Waals surface area (Å²) in [5, 5.41) is 35.5. The first-order valence-corrected chi connectivity index (χ1v) is 3.45. The van der Waals surface area contributed by atoms with Crippen LogP contribution in [0.5, 0.6) is 0 Å². The molecule has 3 unspecified atom stereocenters. The van der Waals surface area contributed by atoms with Crippen LogP contribution in [0.1, 0.15) is 6.42 Å². The van der Waals surface area contributed by atoms with Crippen molar-refractivity contribution in [2.45, 2.75) is 31.0 Å². The third-order valence-electron chi connectivity index (χ3n) is 1.73. The first kappa shape index (κ1) is 8.89. The molecule has 4 atom stereocenters. The van der Waals surface area contributed by atoms with Gasteiger partial charge in [-0.2, -0.15) is 0 Å². The van der Waals surface area contributed by atoms with Crippen LogP contribution in [0.25, 0.3) is 0 Å². The van der Waals surface area contributed by atoms with Gasteiger partial charge in [-0.15, -0.1) is 0 Å². The maximum atomic E-state index is 9.05. The van der Waals surface area contributed by atoms with Gasteiger partial charge in [0.25, 0.3) is 0 Å². The molecule has 1 rings (SSSR count). The molecule has 0 aromatic rings. The van der Waals surface area contributed by atoms with Gasteiger partial charge in [0.2, 0.25) is 0 Å². The molecule has 11 heavy (non-hydrogen) atoms. The van der Waals surface area contributed by atoms with Crippen LogP contribution in [-0.4, -0.2) is 51.6 Å². The lowest BCUT2D eigenvalue weighted by molar-refractivity contribution is -0.251. The summed E-state index contributed by atoms with van der Waals surface area (Å²) in [7, 11) is 0. The van der Waals surface area contributed by atoms with E-state index in [2.05, 4.69) is 0 Å². The Hall–Kier alpha value is -0.200. The molecule has 0 aromatic heterocycles. The van der Waals surface area contributed by atoms with Crippen LogP contribution in [0.2, 0.25) is 0 Å². The summed E-state index contributed by atoms with van der Waals surface area (Å²) < 4.78 is 4.71. The Morgan fingerprint density at radius 2 is 1.91 bits per heavy atom. The van der Waals surface area contributed by atoms with Crippen molar-refractivity contribution in [1.29, 1.82) is 0 Å². The standard InChI is InChI=1S/C6H12O5/c7-2-3-1-4(8)5(9)6(10)11-3/h3-10H,1-2H2/t3?,4?,5-,6?/m0/s1. The zero-order valence-corrected chi connectivity index (χ0v) is 5.92. The minimum absolute atomic E-state index is 0.148. The second kappa shape index (κ2) is 3.46. The van der Waals surface area contributed by atoms with Crippen LogP contribution in [0, 0.1) is 0 Å². The topological polar surface area (TPSA) is 90.2 Å². The Bertz CT molecular complexity index is 116. The monoisotopic (exact) mass is 164 g/mol. The molecule has 0 amide bonds. The molecule has 1 saturated heterocycles. The number of rotatable bonds is 1. The third-order valence-corrected chi connectivity index (χ3v) is 1.73. The van der Waals surface area contributed by atoms with Crippen molar-refractivity contribution in [3.63, 3.8) is 0 Å². The van der Waals surface area contributed by atoms with Gasteiger partial charge in [-0.05, 0) is 0 Å². The molecule has 4 N–H and O–H groups in total. The quantitative estimate of drug-likeness (QED) is 0.353. The summed E-state index contributed by atoms with van der Waals surface area (Å²) in [6.07, 6.45) is -4.11. The fourth-order valence-corrected chi connectivity index (χ4v) is 1.05. The molecule has 5 nitrogen and oxygen atoms in total. The second-order valence-corrected chi connectivity index (χ2v) is 2.62. The minimum Gasteiger partial charge on any atom is -0.394 e. The number of aliphatic hydroxyl groups is 4. The summed E-state index contributed by atoms with van der Waals surface area (Å²) in [4.78, 5) is 0. The minimum atomic E-state index is -1.39.